The molecule has 4 nitrogen and oxygen atoms in total. The van der Waals surface area contributed by atoms with Crippen LogP contribution < -0.4 is 14.8 Å². The van der Waals surface area contributed by atoms with E-state index in [1.165, 1.54) is 11.6 Å². The highest BCUT2D eigenvalue weighted by molar-refractivity contribution is 6.02. The minimum Gasteiger partial charge on any atom is -0.497 e. The zero-order chi connectivity index (χ0) is 16.8. The number of carbonyl (C=O) groups excluding carboxylic acids is 1. The summed E-state index contributed by atoms with van der Waals surface area (Å²) in [7, 11) is 3.18. The number of amides is 1. The number of aryl methyl sites for hydroxylation is 2. The number of hydrogen-bond donors (Lipinski definition) is 1. The minimum absolute atomic E-state index is 0.185. The lowest BCUT2D eigenvalue weighted by molar-refractivity contribution is -0.111. The van der Waals surface area contributed by atoms with Gasteiger partial charge in [-0.1, -0.05) is 17.7 Å². The number of rotatable bonds is 5. The fourth-order valence-electron chi connectivity index (χ4n) is 2.25. The number of ether oxygens (including phenoxy) is 2. The molecule has 23 heavy (non-hydrogen) atoms. The Morgan fingerprint density at radius 3 is 2.48 bits per heavy atom. The summed E-state index contributed by atoms with van der Waals surface area (Å²) >= 11 is 0. The van der Waals surface area contributed by atoms with Crippen molar-refractivity contribution in [2.75, 3.05) is 19.5 Å². The summed E-state index contributed by atoms with van der Waals surface area (Å²) in [6.45, 7) is 3.99. The standard InChI is InChI=1S/C19H21NO3/c1-13-5-9-17(14(2)11-13)20-19(21)10-7-15-6-8-16(22-3)12-18(15)23-4/h5-12H,1-4H3,(H,20,21). The van der Waals surface area contributed by atoms with E-state index in [0.29, 0.717) is 11.5 Å². The first-order valence-corrected chi connectivity index (χ1v) is 7.32. The molecule has 0 unspecified atom stereocenters. The van der Waals surface area contributed by atoms with Crippen LogP contribution in [0.3, 0.4) is 0 Å². The van der Waals surface area contributed by atoms with Gasteiger partial charge in [-0.3, -0.25) is 4.79 Å². The van der Waals surface area contributed by atoms with Crippen molar-refractivity contribution in [1.82, 2.24) is 0 Å². The van der Waals surface area contributed by atoms with Crippen LogP contribution in [0.25, 0.3) is 6.08 Å². The van der Waals surface area contributed by atoms with Crippen LogP contribution in [0, 0.1) is 13.8 Å². The Hall–Kier alpha value is -2.75. The molecule has 0 heterocycles. The summed E-state index contributed by atoms with van der Waals surface area (Å²) < 4.78 is 10.5. The second kappa shape index (κ2) is 7.49. The lowest BCUT2D eigenvalue weighted by Crippen LogP contribution is -2.09. The van der Waals surface area contributed by atoms with Crippen LogP contribution in [0.2, 0.25) is 0 Å². The SMILES string of the molecule is COc1ccc(C=CC(=O)Nc2ccc(C)cc2C)c(OC)c1. The van der Waals surface area contributed by atoms with E-state index in [1.807, 2.05) is 44.2 Å². The molecule has 0 aliphatic heterocycles. The van der Waals surface area contributed by atoms with E-state index in [4.69, 9.17) is 9.47 Å². The highest BCUT2D eigenvalue weighted by Gasteiger charge is 2.04. The Morgan fingerprint density at radius 2 is 1.83 bits per heavy atom. The largest absolute Gasteiger partial charge is 0.497 e. The van der Waals surface area contributed by atoms with Crippen LogP contribution in [-0.2, 0) is 4.79 Å². The third-order valence-corrected chi connectivity index (χ3v) is 3.49. The molecule has 2 aromatic carbocycles. The molecule has 1 amide bonds. The van der Waals surface area contributed by atoms with Crippen molar-refractivity contribution in [3.63, 3.8) is 0 Å². The second-order valence-corrected chi connectivity index (χ2v) is 5.25. The van der Waals surface area contributed by atoms with Crippen molar-refractivity contribution in [3.05, 3.63) is 59.2 Å². The van der Waals surface area contributed by atoms with Gasteiger partial charge in [-0.2, -0.15) is 0 Å². The van der Waals surface area contributed by atoms with Gasteiger partial charge in [0.05, 0.1) is 14.2 Å². The monoisotopic (exact) mass is 311 g/mol. The van der Waals surface area contributed by atoms with Gasteiger partial charge in [0.2, 0.25) is 5.91 Å². The minimum atomic E-state index is -0.185. The van der Waals surface area contributed by atoms with Crippen LogP contribution in [0.1, 0.15) is 16.7 Å². The molecule has 2 rings (SSSR count). The number of methoxy groups -OCH3 is 2. The third-order valence-electron chi connectivity index (χ3n) is 3.49. The number of nitrogens with one attached hydrogen (secondary N) is 1. The molecule has 0 saturated carbocycles. The Kier molecular flexibility index (Phi) is 5.41. The smallest absolute Gasteiger partial charge is 0.248 e. The normalized spacial score (nSPS) is 10.6. The quantitative estimate of drug-likeness (QED) is 0.850. The topological polar surface area (TPSA) is 47.6 Å². The molecule has 4 heteroatoms. The average molecular weight is 311 g/mol. The predicted octanol–water partition coefficient (Wildman–Crippen LogP) is 3.97. The molecule has 1 N–H and O–H groups in total. The van der Waals surface area contributed by atoms with Crippen molar-refractivity contribution in [1.29, 1.82) is 0 Å². The lowest BCUT2D eigenvalue weighted by Gasteiger charge is -2.08. The Balaban J connectivity index is 2.12. The van der Waals surface area contributed by atoms with Crippen molar-refractivity contribution in [2.24, 2.45) is 0 Å². The summed E-state index contributed by atoms with van der Waals surface area (Å²) in [6.07, 6.45) is 3.21. The summed E-state index contributed by atoms with van der Waals surface area (Å²) in [5.74, 6) is 1.17. The molecular formula is C19H21NO3. The highest BCUT2D eigenvalue weighted by atomic mass is 16.5. The van der Waals surface area contributed by atoms with E-state index in [-0.39, 0.29) is 5.91 Å². The summed E-state index contributed by atoms with van der Waals surface area (Å²) in [5, 5.41) is 2.88. The van der Waals surface area contributed by atoms with Crippen molar-refractivity contribution >= 4 is 17.7 Å². The summed E-state index contributed by atoms with van der Waals surface area (Å²) in [5.41, 5.74) is 3.82. The Morgan fingerprint density at radius 1 is 1.04 bits per heavy atom. The molecule has 0 radical (unpaired) electrons. The number of anilines is 1. The van der Waals surface area contributed by atoms with Gasteiger partial charge in [-0.05, 0) is 43.7 Å². The predicted molar refractivity (Wildman–Crippen MR) is 93.1 cm³/mol. The summed E-state index contributed by atoms with van der Waals surface area (Å²) in [4.78, 5) is 12.1. The fourth-order valence-corrected chi connectivity index (χ4v) is 2.25. The molecule has 0 fully saturated rings. The maximum Gasteiger partial charge on any atom is 0.248 e. The molecule has 0 aliphatic carbocycles. The van der Waals surface area contributed by atoms with Crippen molar-refractivity contribution < 1.29 is 14.3 Å². The van der Waals surface area contributed by atoms with Crippen LogP contribution in [0.4, 0.5) is 5.69 Å². The second-order valence-electron chi connectivity index (χ2n) is 5.25. The van der Waals surface area contributed by atoms with Gasteiger partial charge in [-0.25, -0.2) is 0 Å². The van der Waals surface area contributed by atoms with Gasteiger partial charge >= 0.3 is 0 Å². The van der Waals surface area contributed by atoms with E-state index < -0.39 is 0 Å². The Bertz CT molecular complexity index is 735. The lowest BCUT2D eigenvalue weighted by atomic mass is 10.1. The molecule has 2 aromatic rings. The van der Waals surface area contributed by atoms with Crippen LogP contribution >= 0.6 is 0 Å². The third kappa shape index (κ3) is 4.36. The molecule has 0 saturated heterocycles. The molecule has 0 spiro atoms. The van der Waals surface area contributed by atoms with Gasteiger partial charge in [0.25, 0.3) is 0 Å². The van der Waals surface area contributed by atoms with E-state index in [2.05, 4.69) is 5.32 Å². The summed E-state index contributed by atoms with van der Waals surface area (Å²) in [6, 6.07) is 11.4. The first-order valence-electron chi connectivity index (χ1n) is 7.32. The van der Waals surface area contributed by atoms with Crippen LogP contribution in [0.15, 0.2) is 42.5 Å². The first kappa shape index (κ1) is 16.6. The highest BCUT2D eigenvalue weighted by Crippen LogP contribution is 2.25. The molecule has 120 valence electrons. The Labute approximate surface area is 136 Å². The van der Waals surface area contributed by atoms with Gasteiger partial charge in [0, 0.05) is 23.4 Å². The van der Waals surface area contributed by atoms with Crippen LogP contribution in [-0.4, -0.2) is 20.1 Å². The van der Waals surface area contributed by atoms with Crippen LogP contribution in [0.5, 0.6) is 11.5 Å². The maximum absolute atomic E-state index is 12.1. The zero-order valence-electron chi connectivity index (χ0n) is 13.8. The van der Waals surface area contributed by atoms with Gasteiger partial charge in [0.15, 0.2) is 0 Å². The zero-order valence-corrected chi connectivity index (χ0v) is 13.8. The van der Waals surface area contributed by atoms with E-state index in [9.17, 15) is 4.79 Å². The molecule has 0 aliphatic rings. The number of hydrogen-bond acceptors (Lipinski definition) is 3. The number of carbonyl (C=O) groups is 1. The van der Waals surface area contributed by atoms with Gasteiger partial charge in [0.1, 0.15) is 11.5 Å². The van der Waals surface area contributed by atoms with Gasteiger partial charge < -0.3 is 14.8 Å². The number of benzene rings is 2. The van der Waals surface area contributed by atoms with Crippen molar-refractivity contribution in [2.45, 2.75) is 13.8 Å². The maximum atomic E-state index is 12.1. The molecule has 0 atom stereocenters. The fraction of sp³-hybridized carbons (Fsp3) is 0.211. The van der Waals surface area contributed by atoms with E-state index >= 15 is 0 Å². The van der Waals surface area contributed by atoms with Gasteiger partial charge in [-0.15, -0.1) is 0 Å². The molecule has 0 aromatic heterocycles. The van der Waals surface area contributed by atoms with Crippen molar-refractivity contribution in [3.8, 4) is 11.5 Å². The van der Waals surface area contributed by atoms with E-state index in [0.717, 1.165) is 16.8 Å². The first-order chi connectivity index (χ1) is 11.0. The molecule has 0 bridgehead atoms. The average Bonchev–Trinajstić information content (AvgIpc) is 2.55. The van der Waals surface area contributed by atoms with E-state index in [1.54, 1.807) is 26.4 Å². The molecular weight excluding hydrogens is 290 g/mol.